The minimum atomic E-state index is -0.540. The molecule has 2 fully saturated rings. The molecular weight excluding hydrogens is 503 g/mol. The average molecular weight is 543 g/mol. The van der Waals surface area contributed by atoms with Crippen LogP contribution in [0.25, 0.3) is 0 Å². The highest BCUT2D eigenvalue weighted by Gasteiger charge is 2.32. The lowest BCUT2D eigenvalue weighted by Crippen LogP contribution is -2.52. The summed E-state index contributed by atoms with van der Waals surface area (Å²) in [5, 5.41) is 9.02. The molecule has 3 rings (SSSR count). The van der Waals surface area contributed by atoms with Crippen molar-refractivity contribution in [1.29, 1.82) is 0 Å². The van der Waals surface area contributed by atoms with E-state index in [0.29, 0.717) is 25.6 Å². The predicted octanol–water partition coefficient (Wildman–Crippen LogP) is 3.72. The number of hydrogen-bond donors (Lipinski definition) is 3. The van der Waals surface area contributed by atoms with Crippen LogP contribution < -0.4 is 16.0 Å². The van der Waals surface area contributed by atoms with Crippen LogP contribution in [0.3, 0.4) is 0 Å². The highest BCUT2D eigenvalue weighted by Crippen LogP contribution is 2.34. The fourth-order valence-electron chi connectivity index (χ4n) is 5.15. The summed E-state index contributed by atoms with van der Waals surface area (Å²) < 4.78 is 30.2. The van der Waals surface area contributed by atoms with Crippen molar-refractivity contribution in [2.24, 2.45) is 11.8 Å². The SMILES string of the molecule is CNC[C@H](C[C@H]1CCCOC1)NC(=O)N1CCC[C@@H](C(OCCNC(=O)OC)c2ccc(F)c(Cl)c2)C1. The van der Waals surface area contributed by atoms with E-state index in [4.69, 9.17) is 21.1 Å². The molecule has 208 valence electrons. The van der Waals surface area contributed by atoms with Gasteiger partial charge < -0.3 is 35.1 Å². The number of methoxy groups -OCH3 is 1. The minimum Gasteiger partial charge on any atom is -0.453 e. The molecule has 0 aliphatic carbocycles. The first-order valence-electron chi connectivity index (χ1n) is 13.1. The Balaban J connectivity index is 1.64. The predicted molar refractivity (Wildman–Crippen MR) is 139 cm³/mol. The molecule has 1 unspecified atom stereocenters. The molecule has 37 heavy (non-hydrogen) atoms. The van der Waals surface area contributed by atoms with Crippen LogP contribution in [0.4, 0.5) is 14.0 Å². The van der Waals surface area contributed by atoms with Gasteiger partial charge in [-0.3, -0.25) is 0 Å². The van der Waals surface area contributed by atoms with Crippen LogP contribution in [0.2, 0.25) is 5.02 Å². The fraction of sp³-hybridized carbons (Fsp3) is 0.692. The van der Waals surface area contributed by atoms with Crippen molar-refractivity contribution in [3.8, 4) is 0 Å². The van der Waals surface area contributed by atoms with E-state index in [1.165, 1.54) is 13.2 Å². The number of urea groups is 1. The molecule has 1 aromatic rings. The second-order valence-corrected chi connectivity index (χ2v) is 10.2. The van der Waals surface area contributed by atoms with E-state index in [1.807, 2.05) is 11.9 Å². The van der Waals surface area contributed by atoms with Gasteiger partial charge in [0.05, 0.1) is 24.8 Å². The molecule has 2 heterocycles. The Labute approximate surface area is 223 Å². The van der Waals surface area contributed by atoms with Gasteiger partial charge in [0.15, 0.2) is 0 Å². The van der Waals surface area contributed by atoms with E-state index in [9.17, 15) is 14.0 Å². The van der Waals surface area contributed by atoms with Crippen LogP contribution in [0.15, 0.2) is 18.2 Å². The third kappa shape index (κ3) is 9.28. The molecule has 4 atom stereocenters. The third-order valence-corrected chi connectivity index (χ3v) is 7.24. The lowest BCUT2D eigenvalue weighted by atomic mass is 9.88. The Bertz CT molecular complexity index is 873. The summed E-state index contributed by atoms with van der Waals surface area (Å²) in [5.74, 6) is -0.0742. The molecule has 0 spiro atoms. The largest absolute Gasteiger partial charge is 0.453 e. The van der Waals surface area contributed by atoms with Crippen molar-refractivity contribution in [3.05, 3.63) is 34.6 Å². The zero-order valence-corrected chi connectivity index (χ0v) is 22.5. The highest BCUT2D eigenvalue weighted by molar-refractivity contribution is 6.30. The molecule has 0 radical (unpaired) electrons. The molecule has 3 N–H and O–H groups in total. The van der Waals surface area contributed by atoms with E-state index >= 15 is 0 Å². The van der Waals surface area contributed by atoms with Crippen LogP contribution in [-0.4, -0.2) is 83.2 Å². The first-order valence-corrected chi connectivity index (χ1v) is 13.4. The van der Waals surface area contributed by atoms with Crippen molar-refractivity contribution < 1.29 is 28.2 Å². The number of nitrogens with one attached hydrogen (secondary N) is 3. The molecule has 1 aromatic carbocycles. The number of halogens is 2. The van der Waals surface area contributed by atoms with Gasteiger partial charge >= 0.3 is 12.1 Å². The molecule has 0 saturated carbocycles. The number of likely N-dealkylation sites (tertiary alicyclic amines) is 1. The van der Waals surface area contributed by atoms with Crippen LogP contribution in [0, 0.1) is 17.7 Å². The van der Waals surface area contributed by atoms with E-state index < -0.39 is 18.0 Å². The van der Waals surface area contributed by atoms with E-state index in [1.54, 1.807) is 12.1 Å². The van der Waals surface area contributed by atoms with Gasteiger partial charge in [0.1, 0.15) is 5.82 Å². The second-order valence-electron chi connectivity index (χ2n) is 9.75. The van der Waals surface area contributed by atoms with Gasteiger partial charge in [0, 0.05) is 51.4 Å². The number of benzene rings is 1. The summed E-state index contributed by atoms with van der Waals surface area (Å²) in [6, 6.07) is 4.48. The van der Waals surface area contributed by atoms with E-state index in [2.05, 4.69) is 20.7 Å². The van der Waals surface area contributed by atoms with Crippen molar-refractivity contribution >= 4 is 23.7 Å². The number of rotatable bonds is 11. The fourth-order valence-corrected chi connectivity index (χ4v) is 5.34. The smallest absolute Gasteiger partial charge is 0.406 e. The maximum Gasteiger partial charge on any atom is 0.406 e. The van der Waals surface area contributed by atoms with Gasteiger partial charge in [0.25, 0.3) is 0 Å². The molecule has 9 nitrogen and oxygen atoms in total. The van der Waals surface area contributed by atoms with Gasteiger partial charge in [-0.2, -0.15) is 0 Å². The molecule has 2 saturated heterocycles. The van der Waals surface area contributed by atoms with Crippen molar-refractivity contribution in [2.45, 2.75) is 44.2 Å². The van der Waals surface area contributed by atoms with Gasteiger partial charge in [-0.05, 0) is 62.8 Å². The average Bonchev–Trinajstić information content (AvgIpc) is 2.91. The monoisotopic (exact) mass is 542 g/mol. The normalized spacial score (nSPS) is 21.7. The van der Waals surface area contributed by atoms with Crippen LogP contribution in [-0.2, 0) is 14.2 Å². The van der Waals surface area contributed by atoms with Crippen LogP contribution >= 0.6 is 11.6 Å². The summed E-state index contributed by atoms with van der Waals surface area (Å²) >= 11 is 6.07. The molecular formula is C26H40ClFN4O5. The standard InChI is InChI=1S/C26H40ClFN4O5/c1-29-15-21(13-18-5-4-11-36-17-18)31-25(33)32-10-3-6-20(16-32)24(37-12-9-30-26(34)35-2)19-7-8-23(28)22(27)14-19/h7-8,14,18,20-21,24,29H,3-6,9-13,15-17H2,1-2H3,(H,30,34)(H,31,33)/t18-,20-,21+,24?/m1/s1. The first kappa shape index (κ1) is 29.4. The Morgan fingerprint density at radius 1 is 1.30 bits per heavy atom. The first-order chi connectivity index (χ1) is 17.9. The third-order valence-electron chi connectivity index (χ3n) is 6.95. The number of likely N-dealkylation sites (N-methyl/N-ethyl adjacent to an activating group) is 1. The lowest BCUT2D eigenvalue weighted by molar-refractivity contribution is -0.00876. The highest BCUT2D eigenvalue weighted by atomic mass is 35.5. The van der Waals surface area contributed by atoms with Gasteiger partial charge in [-0.25, -0.2) is 14.0 Å². The number of carbonyl (C=O) groups is 2. The topological polar surface area (TPSA) is 101 Å². The zero-order chi connectivity index (χ0) is 26.6. The number of hydrogen-bond acceptors (Lipinski definition) is 6. The maximum atomic E-state index is 13.9. The minimum absolute atomic E-state index is 0.0110. The summed E-state index contributed by atoms with van der Waals surface area (Å²) in [6.45, 7) is 3.88. The van der Waals surface area contributed by atoms with Crippen molar-refractivity contribution in [1.82, 2.24) is 20.9 Å². The van der Waals surface area contributed by atoms with Crippen LogP contribution in [0.1, 0.15) is 43.8 Å². The zero-order valence-electron chi connectivity index (χ0n) is 21.8. The number of amides is 3. The molecule has 2 aliphatic heterocycles. The molecule has 0 aromatic heterocycles. The van der Waals surface area contributed by atoms with Crippen LogP contribution in [0.5, 0.6) is 0 Å². The summed E-state index contributed by atoms with van der Waals surface area (Å²) in [4.78, 5) is 26.5. The molecule has 2 aliphatic rings. The lowest BCUT2D eigenvalue weighted by Gasteiger charge is -2.38. The van der Waals surface area contributed by atoms with Crippen molar-refractivity contribution in [3.63, 3.8) is 0 Å². The Hall–Kier alpha value is -2.14. The maximum absolute atomic E-state index is 13.9. The van der Waals surface area contributed by atoms with Gasteiger partial charge in [0.2, 0.25) is 0 Å². The number of ether oxygens (including phenoxy) is 3. The van der Waals surface area contributed by atoms with Crippen molar-refractivity contribution in [2.75, 3.05) is 60.2 Å². The molecule has 3 amide bonds. The Kier molecular flexibility index (Phi) is 12.2. The number of nitrogens with zero attached hydrogens (tertiary/aromatic N) is 1. The summed E-state index contributed by atoms with van der Waals surface area (Å²) in [6.07, 6.45) is 3.75. The Morgan fingerprint density at radius 3 is 2.84 bits per heavy atom. The second kappa shape index (κ2) is 15.3. The summed E-state index contributed by atoms with van der Waals surface area (Å²) in [7, 11) is 3.18. The van der Waals surface area contributed by atoms with E-state index in [0.717, 1.165) is 50.9 Å². The Morgan fingerprint density at radius 2 is 2.14 bits per heavy atom. The quantitative estimate of drug-likeness (QED) is 0.368. The number of alkyl carbamates (subject to hydrolysis) is 1. The van der Waals surface area contributed by atoms with Gasteiger partial charge in [-0.15, -0.1) is 0 Å². The molecule has 11 heteroatoms. The number of piperidine rings is 1. The van der Waals surface area contributed by atoms with E-state index in [-0.39, 0.29) is 36.2 Å². The molecule has 0 bridgehead atoms. The summed E-state index contributed by atoms with van der Waals surface area (Å²) in [5.41, 5.74) is 0.738. The number of carbonyl (C=O) groups excluding carboxylic acids is 2. The van der Waals surface area contributed by atoms with Gasteiger partial charge in [-0.1, -0.05) is 17.7 Å².